The number of anilines is 1. The molecule has 2 rings (SSSR count). The Bertz CT molecular complexity index is 493. The minimum Gasteiger partial charge on any atom is -0.399 e. The number of H-pyrrole nitrogens is 1. The topological polar surface area (TPSA) is 110 Å². The number of carbonyl (C=O) groups is 1. The van der Waals surface area contributed by atoms with E-state index >= 15 is 0 Å². The maximum atomic E-state index is 11.6. The molecule has 2 aromatic rings. The summed E-state index contributed by atoms with van der Waals surface area (Å²) >= 11 is 0. The zero-order chi connectivity index (χ0) is 12.8. The maximum Gasteiger partial charge on any atom is 0.220 e. The third-order valence-corrected chi connectivity index (χ3v) is 2.45. The molecule has 0 unspecified atom stereocenters. The summed E-state index contributed by atoms with van der Waals surface area (Å²) < 4.78 is 0. The highest BCUT2D eigenvalue weighted by molar-refractivity contribution is 5.76. The van der Waals surface area contributed by atoms with Crippen LogP contribution in [0, 0.1) is 0 Å². The van der Waals surface area contributed by atoms with Crippen molar-refractivity contribution in [3.63, 3.8) is 0 Å². The first-order valence-electron chi connectivity index (χ1n) is 5.57. The molecule has 0 fully saturated rings. The molecule has 1 aromatic carbocycles. The fourth-order valence-electron chi connectivity index (χ4n) is 1.47. The van der Waals surface area contributed by atoms with Crippen LogP contribution in [0.25, 0.3) is 0 Å². The quantitative estimate of drug-likeness (QED) is 0.645. The van der Waals surface area contributed by atoms with Gasteiger partial charge in [-0.05, 0) is 24.1 Å². The summed E-state index contributed by atoms with van der Waals surface area (Å²) in [6.07, 6.45) is 1.10. The summed E-state index contributed by atoms with van der Waals surface area (Å²) in [5.74, 6) is 0.424. The van der Waals surface area contributed by atoms with Crippen molar-refractivity contribution in [3.8, 4) is 0 Å². The molecule has 0 saturated carbocycles. The van der Waals surface area contributed by atoms with E-state index in [4.69, 9.17) is 5.73 Å². The smallest absolute Gasteiger partial charge is 0.220 e. The van der Waals surface area contributed by atoms with Gasteiger partial charge in [0.15, 0.2) is 5.82 Å². The van der Waals surface area contributed by atoms with Crippen molar-refractivity contribution in [1.29, 1.82) is 0 Å². The zero-order valence-corrected chi connectivity index (χ0v) is 9.76. The van der Waals surface area contributed by atoms with Crippen LogP contribution in [0.1, 0.15) is 17.8 Å². The Balaban J connectivity index is 1.73. The second-order valence-electron chi connectivity index (χ2n) is 3.85. The van der Waals surface area contributed by atoms with Gasteiger partial charge in [0.2, 0.25) is 5.91 Å². The number of rotatable bonds is 5. The van der Waals surface area contributed by atoms with E-state index in [-0.39, 0.29) is 12.5 Å². The first-order valence-corrected chi connectivity index (χ1v) is 5.57. The zero-order valence-electron chi connectivity index (χ0n) is 9.76. The number of aryl methyl sites for hydroxylation is 1. The lowest BCUT2D eigenvalue weighted by Gasteiger charge is -2.03. The highest BCUT2D eigenvalue weighted by Gasteiger charge is 2.04. The molecule has 1 heterocycles. The molecule has 0 bridgehead atoms. The first kappa shape index (κ1) is 12.0. The monoisotopic (exact) mass is 246 g/mol. The summed E-state index contributed by atoms with van der Waals surface area (Å²) in [7, 11) is 0. The van der Waals surface area contributed by atoms with Crippen LogP contribution < -0.4 is 11.1 Å². The average molecular weight is 246 g/mol. The number of nitrogens with two attached hydrogens (primary N) is 1. The summed E-state index contributed by atoms with van der Waals surface area (Å²) in [6.45, 7) is 0.289. The van der Waals surface area contributed by atoms with Crippen molar-refractivity contribution in [1.82, 2.24) is 25.9 Å². The molecule has 4 N–H and O–H groups in total. The number of carbonyl (C=O) groups excluding carboxylic acids is 1. The summed E-state index contributed by atoms with van der Waals surface area (Å²) in [6, 6.07) is 7.49. The Labute approximate surface area is 104 Å². The van der Waals surface area contributed by atoms with Crippen molar-refractivity contribution in [2.75, 3.05) is 5.73 Å². The number of aromatic amines is 1. The summed E-state index contributed by atoms with van der Waals surface area (Å²) in [4.78, 5) is 11.6. The number of nitrogens with zero attached hydrogens (tertiary/aromatic N) is 3. The van der Waals surface area contributed by atoms with Crippen molar-refractivity contribution < 1.29 is 4.79 Å². The molecule has 0 spiro atoms. The number of hydrogen-bond donors (Lipinski definition) is 3. The molecule has 0 atom stereocenters. The predicted octanol–water partition coefficient (Wildman–Crippen LogP) is 0.0309. The van der Waals surface area contributed by atoms with Crippen LogP contribution in [0.4, 0.5) is 5.69 Å². The van der Waals surface area contributed by atoms with Gasteiger partial charge in [-0.25, -0.2) is 0 Å². The molecule has 0 aliphatic rings. The number of amides is 1. The van der Waals surface area contributed by atoms with Crippen LogP contribution in [0.3, 0.4) is 0 Å². The third kappa shape index (κ3) is 3.55. The highest BCUT2D eigenvalue weighted by atomic mass is 16.1. The van der Waals surface area contributed by atoms with Crippen LogP contribution >= 0.6 is 0 Å². The van der Waals surface area contributed by atoms with Crippen LogP contribution in [-0.2, 0) is 17.8 Å². The van der Waals surface area contributed by atoms with Gasteiger partial charge in [-0.15, -0.1) is 10.2 Å². The Hall–Kier alpha value is -2.44. The van der Waals surface area contributed by atoms with E-state index in [0.717, 1.165) is 11.3 Å². The van der Waals surface area contributed by atoms with E-state index in [0.29, 0.717) is 18.7 Å². The second-order valence-corrected chi connectivity index (χ2v) is 3.85. The molecular formula is C11H14N6O. The second kappa shape index (κ2) is 5.76. The van der Waals surface area contributed by atoms with E-state index in [1.807, 2.05) is 24.3 Å². The number of tetrazole rings is 1. The third-order valence-electron chi connectivity index (χ3n) is 2.45. The SMILES string of the molecule is Nc1ccc(CCC(=O)NCc2nn[nH]n2)cc1. The lowest BCUT2D eigenvalue weighted by atomic mass is 10.1. The van der Waals surface area contributed by atoms with E-state index in [2.05, 4.69) is 25.9 Å². The van der Waals surface area contributed by atoms with Gasteiger partial charge < -0.3 is 11.1 Å². The van der Waals surface area contributed by atoms with Crippen molar-refractivity contribution in [2.45, 2.75) is 19.4 Å². The van der Waals surface area contributed by atoms with Crippen LogP contribution in [0.2, 0.25) is 0 Å². The van der Waals surface area contributed by atoms with Crippen molar-refractivity contribution in [2.24, 2.45) is 0 Å². The van der Waals surface area contributed by atoms with Gasteiger partial charge in [-0.3, -0.25) is 4.79 Å². The Morgan fingerprint density at radius 3 is 2.78 bits per heavy atom. The van der Waals surface area contributed by atoms with Gasteiger partial charge in [-0.1, -0.05) is 17.3 Å². The minimum atomic E-state index is -0.0448. The minimum absolute atomic E-state index is 0.0448. The normalized spacial score (nSPS) is 10.2. The lowest BCUT2D eigenvalue weighted by Crippen LogP contribution is -2.23. The van der Waals surface area contributed by atoms with Gasteiger partial charge in [0.1, 0.15) is 0 Å². The molecule has 0 saturated heterocycles. The maximum absolute atomic E-state index is 11.6. The Morgan fingerprint density at radius 1 is 1.33 bits per heavy atom. The van der Waals surface area contributed by atoms with E-state index < -0.39 is 0 Å². The fourth-order valence-corrected chi connectivity index (χ4v) is 1.47. The van der Waals surface area contributed by atoms with Gasteiger partial charge in [0.25, 0.3) is 0 Å². The van der Waals surface area contributed by atoms with E-state index in [9.17, 15) is 4.79 Å². The van der Waals surface area contributed by atoms with Gasteiger partial charge in [-0.2, -0.15) is 5.21 Å². The first-order chi connectivity index (χ1) is 8.74. The van der Waals surface area contributed by atoms with Gasteiger partial charge in [0.05, 0.1) is 6.54 Å². The van der Waals surface area contributed by atoms with Crippen LogP contribution in [0.5, 0.6) is 0 Å². The van der Waals surface area contributed by atoms with Gasteiger partial charge in [0, 0.05) is 12.1 Å². The molecular weight excluding hydrogens is 232 g/mol. The van der Waals surface area contributed by atoms with E-state index in [1.165, 1.54) is 0 Å². The lowest BCUT2D eigenvalue weighted by molar-refractivity contribution is -0.121. The molecule has 18 heavy (non-hydrogen) atoms. The number of hydrogen-bond acceptors (Lipinski definition) is 5. The largest absolute Gasteiger partial charge is 0.399 e. The number of aromatic nitrogens is 4. The standard InChI is InChI=1S/C11H14N6O/c12-9-4-1-8(2-5-9)3-6-11(18)13-7-10-14-16-17-15-10/h1-2,4-5H,3,6-7,12H2,(H,13,18)(H,14,15,16,17). The molecule has 0 aliphatic carbocycles. The molecule has 7 heteroatoms. The van der Waals surface area contributed by atoms with Crippen molar-refractivity contribution >= 4 is 11.6 Å². The fraction of sp³-hybridized carbons (Fsp3) is 0.273. The summed E-state index contributed by atoms with van der Waals surface area (Å²) in [5.41, 5.74) is 7.39. The highest BCUT2D eigenvalue weighted by Crippen LogP contribution is 2.07. The van der Waals surface area contributed by atoms with Crippen molar-refractivity contribution in [3.05, 3.63) is 35.7 Å². The number of benzene rings is 1. The number of nitrogen functional groups attached to an aromatic ring is 1. The molecule has 1 aromatic heterocycles. The molecule has 0 aliphatic heterocycles. The Morgan fingerprint density at radius 2 is 2.11 bits per heavy atom. The molecule has 94 valence electrons. The molecule has 1 amide bonds. The number of nitrogens with one attached hydrogen (secondary N) is 2. The Kier molecular flexibility index (Phi) is 3.85. The van der Waals surface area contributed by atoms with E-state index in [1.54, 1.807) is 0 Å². The van der Waals surface area contributed by atoms with Crippen LogP contribution in [-0.4, -0.2) is 26.5 Å². The van der Waals surface area contributed by atoms with Gasteiger partial charge >= 0.3 is 0 Å². The average Bonchev–Trinajstić information content (AvgIpc) is 2.89. The van der Waals surface area contributed by atoms with Crippen LogP contribution in [0.15, 0.2) is 24.3 Å². The molecule has 7 nitrogen and oxygen atoms in total. The summed E-state index contributed by atoms with van der Waals surface area (Å²) in [5, 5.41) is 15.9. The predicted molar refractivity (Wildman–Crippen MR) is 65.2 cm³/mol. The molecule has 0 radical (unpaired) electrons.